The molecule has 102 valence electrons. The molecule has 2 rings (SSSR count). The number of aliphatic hydroxyl groups excluding tert-OH is 1. The summed E-state index contributed by atoms with van der Waals surface area (Å²) in [7, 11) is 0. The van der Waals surface area contributed by atoms with Gasteiger partial charge in [-0.15, -0.1) is 0 Å². The van der Waals surface area contributed by atoms with E-state index in [2.05, 4.69) is 0 Å². The highest BCUT2D eigenvalue weighted by atomic mass is 16.4. The third-order valence-electron chi connectivity index (χ3n) is 3.29. The molecule has 1 aromatic carbocycles. The minimum absolute atomic E-state index is 0.0722. The van der Waals surface area contributed by atoms with Crippen molar-refractivity contribution < 1.29 is 19.8 Å². The van der Waals surface area contributed by atoms with Gasteiger partial charge >= 0.3 is 5.97 Å². The average Bonchev–Trinajstić information content (AvgIpc) is 2.69. The number of hydrogen-bond donors (Lipinski definition) is 2. The van der Waals surface area contributed by atoms with Crippen LogP contribution in [0.5, 0.6) is 0 Å². The Bertz CT molecular complexity index is 506. The predicted molar refractivity (Wildman–Crippen MR) is 69.0 cm³/mol. The molecule has 1 aliphatic heterocycles. The van der Waals surface area contributed by atoms with Crippen LogP contribution in [-0.2, 0) is 4.79 Å². The zero-order valence-corrected chi connectivity index (χ0v) is 11.0. The molecule has 19 heavy (non-hydrogen) atoms. The molecule has 1 fully saturated rings. The van der Waals surface area contributed by atoms with Crippen molar-refractivity contribution in [2.45, 2.75) is 32.4 Å². The van der Waals surface area contributed by atoms with E-state index in [4.69, 9.17) is 5.11 Å². The zero-order valence-electron chi connectivity index (χ0n) is 11.0. The van der Waals surface area contributed by atoms with Crippen molar-refractivity contribution in [3.8, 4) is 0 Å². The lowest BCUT2D eigenvalue weighted by molar-refractivity contribution is -0.141. The van der Waals surface area contributed by atoms with Crippen LogP contribution in [0.2, 0.25) is 0 Å². The van der Waals surface area contributed by atoms with E-state index in [1.807, 2.05) is 19.9 Å². The fourth-order valence-electron chi connectivity index (χ4n) is 2.54. The molecule has 0 unspecified atom stereocenters. The predicted octanol–water partition coefficient (Wildman–Crippen LogP) is 0.963. The molecule has 1 saturated heterocycles. The molecule has 0 aliphatic carbocycles. The number of carboxylic acid groups (broad SMARTS) is 1. The quantitative estimate of drug-likeness (QED) is 0.833. The van der Waals surface area contributed by atoms with Gasteiger partial charge in [0, 0.05) is 18.5 Å². The van der Waals surface area contributed by atoms with E-state index in [9.17, 15) is 14.7 Å². The number of aliphatic carboxylic acids is 1. The van der Waals surface area contributed by atoms with Crippen LogP contribution < -0.4 is 0 Å². The maximum Gasteiger partial charge on any atom is 0.326 e. The van der Waals surface area contributed by atoms with E-state index in [0.717, 1.165) is 11.1 Å². The van der Waals surface area contributed by atoms with Gasteiger partial charge in [-0.3, -0.25) is 4.79 Å². The van der Waals surface area contributed by atoms with Gasteiger partial charge in [-0.1, -0.05) is 17.2 Å². The Morgan fingerprint density at radius 3 is 2.32 bits per heavy atom. The average molecular weight is 263 g/mol. The standard InChI is InChI=1S/C14H17NO4/c1-8-3-9(2)5-10(4-8)13(17)15-7-11(16)6-12(15)14(18)19/h3-5,11-12,16H,6-7H2,1-2H3,(H,18,19)/t11-,12-/m0/s1. The summed E-state index contributed by atoms with van der Waals surface area (Å²) in [6, 6.07) is 4.48. The molecule has 2 atom stereocenters. The molecule has 0 spiro atoms. The van der Waals surface area contributed by atoms with Crippen LogP contribution in [0, 0.1) is 13.8 Å². The summed E-state index contributed by atoms with van der Waals surface area (Å²) in [6.45, 7) is 3.84. The third-order valence-corrected chi connectivity index (χ3v) is 3.29. The number of β-amino-alcohol motifs (C(OH)–C–C–N with tert-alkyl or cyclic N) is 1. The van der Waals surface area contributed by atoms with E-state index < -0.39 is 18.1 Å². The zero-order chi connectivity index (χ0) is 14.2. The van der Waals surface area contributed by atoms with Crippen molar-refractivity contribution in [2.75, 3.05) is 6.54 Å². The number of hydrogen-bond acceptors (Lipinski definition) is 3. The second kappa shape index (κ2) is 5.01. The number of nitrogens with zero attached hydrogens (tertiary/aromatic N) is 1. The van der Waals surface area contributed by atoms with Crippen LogP contribution in [0.3, 0.4) is 0 Å². The molecule has 1 heterocycles. The summed E-state index contributed by atoms with van der Waals surface area (Å²) in [4.78, 5) is 24.7. The number of aryl methyl sites for hydroxylation is 2. The molecule has 1 aliphatic rings. The number of carbonyl (C=O) groups excluding carboxylic acids is 1. The van der Waals surface area contributed by atoms with E-state index in [1.165, 1.54) is 4.90 Å². The fraction of sp³-hybridized carbons (Fsp3) is 0.429. The van der Waals surface area contributed by atoms with Crippen LogP contribution in [0.25, 0.3) is 0 Å². The Morgan fingerprint density at radius 1 is 1.21 bits per heavy atom. The lowest BCUT2D eigenvalue weighted by Gasteiger charge is -2.21. The van der Waals surface area contributed by atoms with E-state index >= 15 is 0 Å². The van der Waals surface area contributed by atoms with Gasteiger partial charge in [0.1, 0.15) is 6.04 Å². The molecule has 0 saturated carbocycles. The summed E-state index contributed by atoms with van der Waals surface area (Å²) < 4.78 is 0. The Balaban J connectivity index is 2.30. The van der Waals surface area contributed by atoms with Gasteiger partial charge in [0.25, 0.3) is 5.91 Å². The number of carbonyl (C=O) groups is 2. The first kappa shape index (κ1) is 13.5. The smallest absolute Gasteiger partial charge is 0.326 e. The summed E-state index contributed by atoms with van der Waals surface area (Å²) in [5.74, 6) is -1.41. The number of likely N-dealkylation sites (tertiary alicyclic amines) is 1. The summed E-state index contributed by atoms with van der Waals surface area (Å²) >= 11 is 0. The van der Waals surface area contributed by atoms with Crippen molar-refractivity contribution in [3.05, 3.63) is 34.9 Å². The molecular formula is C14H17NO4. The van der Waals surface area contributed by atoms with Crippen LogP contribution in [-0.4, -0.2) is 45.7 Å². The van der Waals surface area contributed by atoms with Crippen molar-refractivity contribution in [1.82, 2.24) is 4.90 Å². The summed E-state index contributed by atoms with van der Waals surface area (Å²) in [5, 5.41) is 18.7. The number of benzene rings is 1. The largest absolute Gasteiger partial charge is 0.480 e. The van der Waals surface area contributed by atoms with Crippen molar-refractivity contribution in [1.29, 1.82) is 0 Å². The molecule has 0 aromatic heterocycles. The number of amides is 1. The van der Waals surface area contributed by atoms with Gasteiger partial charge in [0.15, 0.2) is 0 Å². The van der Waals surface area contributed by atoms with Crippen LogP contribution >= 0.6 is 0 Å². The molecule has 5 nitrogen and oxygen atoms in total. The normalized spacial score (nSPS) is 22.6. The molecule has 2 N–H and O–H groups in total. The molecule has 1 aromatic rings. The van der Waals surface area contributed by atoms with Gasteiger partial charge in [-0.05, 0) is 26.0 Å². The van der Waals surface area contributed by atoms with Crippen LogP contribution in [0.1, 0.15) is 27.9 Å². The third kappa shape index (κ3) is 2.76. The molecule has 5 heteroatoms. The number of carboxylic acids is 1. The Hall–Kier alpha value is -1.88. The second-order valence-corrected chi connectivity index (χ2v) is 5.08. The maximum absolute atomic E-state index is 12.4. The fourth-order valence-corrected chi connectivity index (χ4v) is 2.54. The number of aliphatic hydroxyl groups is 1. The summed E-state index contributed by atoms with van der Waals surface area (Å²) in [5.41, 5.74) is 2.38. The Kier molecular flexibility index (Phi) is 3.57. The van der Waals surface area contributed by atoms with Crippen molar-refractivity contribution in [2.24, 2.45) is 0 Å². The SMILES string of the molecule is Cc1cc(C)cc(C(=O)N2C[C@@H](O)C[C@H]2C(=O)O)c1. The van der Waals surface area contributed by atoms with Gasteiger partial charge in [0.05, 0.1) is 6.10 Å². The van der Waals surface area contributed by atoms with Crippen molar-refractivity contribution >= 4 is 11.9 Å². The van der Waals surface area contributed by atoms with Crippen LogP contribution in [0.4, 0.5) is 0 Å². The first-order valence-electron chi connectivity index (χ1n) is 6.18. The second-order valence-electron chi connectivity index (χ2n) is 5.08. The molecule has 1 amide bonds. The summed E-state index contributed by atoms with van der Waals surface area (Å²) in [6.07, 6.45) is -0.678. The monoisotopic (exact) mass is 263 g/mol. The highest BCUT2D eigenvalue weighted by Gasteiger charge is 2.39. The lowest BCUT2D eigenvalue weighted by atomic mass is 10.1. The van der Waals surface area contributed by atoms with E-state index in [-0.39, 0.29) is 18.9 Å². The Labute approximate surface area is 111 Å². The maximum atomic E-state index is 12.4. The minimum Gasteiger partial charge on any atom is -0.480 e. The lowest BCUT2D eigenvalue weighted by Crippen LogP contribution is -2.40. The molecule has 0 bridgehead atoms. The molecule has 0 radical (unpaired) electrons. The first-order chi connectivity index (χ1) is 8.88. The van der Waals surface area contributed by atoms with Gasteiger partial charge in [0.2, 0.25) is 0 Å². The van der Waals surface area contributed by atoms with Gasteiger partial charge in [-0.2, -0.15) is 0 Å². The van der Waals surface area contributed by atoms with Gasteiger partial charge < -0.3 is 15.1 Å². The topological polar surface area (TPSA) is 77.8 Å². The highest BCUT2D eigenvalue weighted by Crippen LogP contribution is 2.22. The van der Waals surface area contributed by atoms with E-state index in [0.29, 0.717) is 5.56 Å². The number of rotatable bonds is 2. The van der Waals surface area contributed by atoms with E-state index in [1.54, 1.807) is 12.1 Å². The van der Waals surface area contributed by atoms with Crippen LogP contribution in [0.15, 0.2) is 18.2 Å². The first-order valence-corrected chi connectivity index (χ1v) is 6.18. The minimum atomic E-state index is -1.07. The molecular weight excluding hydrogens is 246 g/mol. The Morgan fingerprint density at radius 2 is 1.79 bits per heavy atom. The van der Waals surface area contributed by atoms with Gasteiger partial charge in [-0.25, -0.2) is 4.79 Å². The highest BCUT2D eigenvalue weighted by molar-refractivity contribution is 5.97. The van der Waals surface area contributed by atoms with Crippen molar-refractivity contribution in [3.63, 3.8) is 0 Å².